The zero-order chi connectivity index (χ0) is 13.8. The standard InChI is InChI=1S/C14H21ClN2O.ClH/c1-10(2)14(3,9-16)17-13(18)8-11-6-4-5-7-12(11)15;/h4-7,10H,8-9,16H2,1-3H3,(H,17,18);1H. The van der Waals surface area contributed by atoms with Gasteiger partial charge in [-0.1, -0.05) is 43.6 Å². The predicted molar refractivity (Wildman–Crippen MR) is 82.8 cm³/mol. The molecule has 0 saturated heterocycles. The van der Waals surface area contributed by atoms with Gasteiger partial charge in [0.2, 0.25) is 5.91 Å². The number of amides is 1. The number of hydrogen-bond donors (Lipinski definition) is 2. The Labute approximate surface area is 126 Å². The van der Waals surface area contributed by atoms with E-state index >= 15 is 0 Å². The molecule has 0 radical (unpaired) electrons. The number of nitrogens with two attached hydrogens (primary N) is 1. The molecule has 0 fully saturated rings. The number of carbonyl (C=O) groups is 1. The van der Waals surface area contributed by atoms with E-state index in [-0.39, 0.29) is 36.2 Å². The van der Waals surface area contributed by atoms with Gasteiger partial charge >= 0.3 is 0 Å². The van der Waals surface area contributed by atoms with Gasteiger partial charge in [0.1, 0.15) is 0 Å². The second kappa shape index (κ2) is 7.73. The summed E-state index contributed by atoms with van der Waals surface area (Å²) in [7, 11) is 0. The number of halogens is 2. The molecule has 3 nitrogen and oxygen atoms in total. The first-order valence-corrected chi connectivity index (χ1v) is 6.51. The molecule has 1 atom stereocenters. The quantitative estimate of drug-likeness (QED) is 0.879. The van der Waals surface area contributed by atoms with E-state index in [1.807, 2.05) is 39.0 Å². The Morgan fingerprint density at radius 3 is 2.47 bits per heavy atom. The maximum absolute atomic E-state index is 12.0. The van der Waals surface area contributed by atoms with Crippen molar-refractivity contribution in [2.75, 3.05) is 6.54 Å². The summed E-state index contributed by atoms with van der Waals surface area (Å²) in [6, 6.07) is 7.37. The molecule has 3 N–H and O–H groups in total. The lowest BCUT2D eigenvalue weighted by molar-refractivity contribution is -0.122. The molecule has 0 aliphatic rings. The van der Waals surface area contributed by atoms with Crippen LogP contribution in [0.4, 0.5) is 0 Å². The summed E-state index contributed by atoms with van der Waals surface area (Å²) in [5.41, 5.74) is 6.20. The highest BCUT2D eigenvalue weighted by atomic mass is 35.5. The average Bonchev–Trinajstić information content (AvgIpc) is 2.31. The maximum atomic E-state index is 12.0. The summed E-state index contributed by atoms with van der Waals surface area (Å²) < 4.78 is 0. The third-order valence-corrected chi connectivity index (χ3v) is 3.80. The second-order valence-corrected chi connectivity index (χ2v) is 5.50. The van der Waals surface area contributed by atoms with Crippen LogP contribution >= 0.6 is 24.0 Å². The molecule has 19 heavy (non-hydrogen) atoms. The van der Waals surface area contributed by atoms with Crippen LogP contribution < -0.4 is 11.1 Å². The van der Waals surface area contributed by atoms with Crippen LogP contribution in [0, 0.1) is 5.92 Å². The largest absolute Gasteiger partial charge is 0.349 e. The minimum Gasteiger partial charge on any atom is -0.349 e. The SMILES string of the molecule is CC(C)C(C)(CN)NC(=O)Cc1ccccc1Cl.Cl. The van der Waals surface area contributed by atoms with E-state index in [0.29, 0.717) is 11.6 Å². The van der Waals surface area contributed by atoms with Gasteiger partial charge in [0.05, 0.1) is 12.0 Å². The Balaban J connectivity index is 0.00000324. The average molecular weight is 305 g/mol. The molecule has 0 aliphatic carbocycles. The van der Waals surface area contributed by atoms with Crippen LogP contribution in [0.3, 0.4) is 0 Å². The van der Waals surface area contributed by atoms with E-state index in [1.165, 1.54) is 0 Å². The van der Waals surface area contributed by atoms with Crippen molar-refractivity contribution in [2.45, 2.75) is 32.7 Å². The minimum absolute atomic E-state index is 0. The molecule has 0 saturated carbocycles. The fourth-order valence-electron chi connectivity index (χ4n) is 1.61. The highest BCUT2D eigenvalue weighted by molar-refractivity contribution is 6.31. The summed E-state index contributed by atoms with van der Waals surface area (Å²) in [4.78, 5) is 12.0. The number of hydrogen-bond acceptors (Lipinski definition) is 2. The lowest BCUT2D eigenvalue weighted by Gasteiger charge is -2.33. The number of nitrogens with one attached hydrogen (secondary N) is 1. The van der Waals surface area contributed by atoms with E-state index in [2.05, 4.69) is 5.32 Å². The van der Waals surface area contributed by atoms with Gasteiger partial charge in [-0.3, -0.25) is 4.79 Å². The molecule has 1 amide bonds. The van der Waals surface area contributed by atoms with Gasteiger partial charge in [0, 0.05) is 11.6 Å². The molecule has 0 spiro atoms. The molecule has 1 aromatic rings. The topological polar surface area (TPSA) is 55.1 Å². The minimum atomic E-state index is -0.377. The summed E-state index contributed by atoms with van der Waals surface area (Å²) in [6.45, 7) is 6.46. The smallest absolute Gasteiger partial charge is 0.224 e. The Bertz CT molecular complexity index is 424. The van der Waals surface area contributed by atoms with E-state index in [9.17, 15) is 4.79 Å². The first-order chi connectivity index (χ1) is 8.39. The van der Waals surface area contributed by atoms with Crippen molar-refractivity contribution in [1.82, 2.24) is 5.32 Å². The van der Waals surface area contributed by atoms with E-state index in [1.54, 1.807) is 6.07 Å². The third kappa shape index (κ3) is 5.01. The molecule has 1 aromatic carbocycles. The van der Waals surface area contributed by atoms with Gasteiger partial charge < -0.3 is 11.1 Å². The van der Waals surface area contributed by atoms with Crippen LogP contribution in [0.25, 0.3) is 0 Å². The molecule has 1 rings (SSSR count). The zero-order valence-electron chi connectivity index (χ0n) is 11.6. The van der Waals surface area contributed by atoms with Crippen molar-refractivity contribution >= 4 is 29.9 Å². The number of benzene rings is 1. The lowest BCUT2D eigenvalue weighted by Crippen LogP contribution is -2.55. The van der Waals surface area contributed by atoms with Crippen molar-refractivity contribution in [3.05, 3.63) is 34.9 Å². The van der Waals surface area contributed by atoms with Gasteiger partial charge in [0.25, 0.3) is 0 Å². The summed E-state index contributed by atoms with van der Waals surface area (Å²) in [6.07, 6.45) is 0.280. The normalized spacial score (nSPS) is 13.6. The van der Waals surface area contributed by atoms with Gasteiger partial charge in [-0.15, -0.1) is 12.4 Å². The molecule has 0 aromatic heterocycles. The van der Waals surface area contributed by atoms with Crippen LogP contribution in [0.1, 0.15) is 26.3 Å². The molecular formula is C14H22Cl2N2O. The Morgan fingerprint density at radius 2 is 2.00 bits per heavy atom. The maximum Gasteiger partial charge on any atom is 0.224 e. The number of carbonyl (C=O) groups excluding carboxylic acids is 1. The van der Waals surface area contributed by atoms with Crippen molar-refractivity contribution in [1.29, 1.82) is 0 Å². The Morgan fingerprint density at radius 1 is 1.42 bits per heavy atom. The molecular weight excluding hydrogens is 283 g/mol. The molecule has 0 aliphatic heterocycles. The molecule has 0 heterocycles. The number of rotatable bonds is 5. The summed E-state index contributed by atoms with van der Waals surface area (Å²) in [5.74, 6) is 0.224. The second-order valence-electron chi connectivity index (χ2n) is 5.09. The van der Waals surface area contributed by atoms with Gasteiger partial charge in [-0.25, -0.2) is 0 Å². The zero-order valence-corrected chi connectivity index (χ0v) is 13.1. The lowest BCUT2D eigenvalue weighted by atomic mass is 9.88. The fraction of sp³-hybridized carbons (Fsp3) is 0.500. The van der Waals surface area contributed by atoms with Crippen molar-refractivity contribution in [3.63, 3.8) is 0 Å². The van der Waals surface area contributed by atoms with Crippen molar-refractivity contribution in [2.24, 2.45) is 11.7 Å². The van der Waals surface area contributed by atoms with Crippen LogP contribution in [0.2, 0.25) is 5.02 Å². The van der Waals surface area contributed by atoms with E-state index < -0.39 is 0 Å². The predicted octanol–water partition coefficient (Wildman–Crippen LogP) is 2.79. The molecule has 0 bridgehead atoms. The van der Waals surface area contributed by atoms with Crippen LogP contribution in [0.5, 0.6) is 0 Å². The van der Waals surface area contributed by atoms with Crippen LogP contribution in [-0.2, 0) is 11.2 Å². The van der Waals surface area contributed by atoms with Crippen molar-refractivity contribution < 1.29 is 4.79 Å². The Hall–Kier alpha value is -0.770. The van der Waals surface area contributed by atoms with Crippen LogP contribution in [0.15, 0.2) is 24.3 Å². The highest BCUT2D eigenvalue weighted by Crippen LogP contribution is 2.18. The van der Waals surface area contributed by atoms with E-state index in [0.717, 1.165) is 5.56 Å². The summed E-state index contributed by atoms with van der Waals surface area (Å²) >= 11 is 6.03. The van der Waals surface area contributed by atoms with Crippen LogP contribution in [-0.4, -0.2) is 18.0 Å². The first kappa shape index (κ1) is 18.2. The molecule has 5 heteroatoms. The molecule has 1 unspecified atom stereocenters. The van der Waals surface area contributed by atoms with Gasteiger partial charge in [-0.05, 0) is 24.5 Å². The summed E-state index contributed by atoms with van der Waals surface area (Å²) in [5, 5.41) is 3.61. The first-order valence-electron chi connectivity index (χ1n) is 6.13. The monoisotopic (exact) mass is 304 g/mol. The molecule has 108 valence electrons. The van der Waals surface area contributed by atoms with Gasteiger partial charge in [0.15, 0.2) is 0 Å². The highest BCUT2D eigenvalue weighted by Gasteiger charge is 2.28. The Kier molecular flexibility index (Phi) is 7.42. The van der Waals surface area contributed by atoms with Gasteiger partial charge in [-0.2, -0.15) is 0 Å². The fourth-order valence-corrected chi connectivity index (χ4v) is 1.81. The van der Waals surface area contributed by atoms with Crippen molar-refractivity contribution in [3.8, 4) is 0 Å². The third-order valence-electron chi connectivity index (χ3n) is 3.43. The van der Waals surface area contributed by atoms with E-state index in [4.69, 9.17) is 17.3 Å².